The van der Waals surface area contributed by atoms with E-state index in [1.807, 2.05) is 30.4 Å². The van der Waals surface area contributed by atoms with Crippen LogP contribution in [0.2, 0.25) is 5.02 Å². The summed E-state index contributed by atoms with van der Waals surface area (Å²) < 4.78 is 0. The van der Waals surface area contributed by atoms with Crippen LogP contribution < -0.4 is 5.32 Å². The number of carbonyl (C=O) groups is 3. The summed E-state index contributed by atoms with van der Waals surface area (Å²) in [7, 11) is 0. The van der Waals surface area contributed by atoms with Crippen LogP contribution in [0.5, 0.6) is 0 Å². The third kappa shape index (κ3) is 2.42. The molecule has 1 aliphatic rings. The summed E-state index contributed by atoms with van der Waals surface area (Å²) in [6.45, 7) is 1.97. The highest BCUT2D eigenvalue weighted by Gasteiger charge is 2.41. The van der Waals surface area contributed by atoms with Gasteiger partial charge in [0.15, 0.2) is 0 Å². The smallest absolute Gasteiger partial charge is 0.289 e. The summed E-state index contributed by atoms with van der Waals surface area (Å²) in [5.41, 5.74) is 3.35. The Bertz CT molecular complexity index is 796. The van der Waals surface area contributed by atoms with Crippen molar-refractivity contribution in [3.63, 3.8) is 0 Å². The van der Waals surface area contributed by atoms with Crippen molar-refractivity contribution >= 4 is 29.2 Å². The molecule has 1 atom stereocenters. The van der Waals surface area contributed by atoms with Gasteiger partial charge in [-0.15, -0.1) is 0 Å². The Balaban J connectivity index is 1.97. The first-order chi connectivity index (χ1) is 10.5. The molecule has 2 aromatic rings. The number of benzene rings is 2. The number of imide groups is 1. The van der Waals surface area contributed by atoms with Gasteiger partial charge in [0.1, 0.15) is 5.92 Å². The van der Waals surface area contributed by atoms with Gasteiger partial charge in [-0.2, -0.15) is 0 Å². The normalized spacial score (nSPS) is 17.7. The molecule has 0 spiro atoms. The molecule has 1 heterocycles. The summed E-state index contributed by atoms with van der Waals surface area (Å²) in [6.07, 6.45) is 0. The maximum atomic E-state index is 11.7. The molecule has 4 nitrogen and oxygen atoms in total. The van der Waals surface area contributed by atoms with E-state index in [1.54, 1.807) is 24.3 Å². The zero-order valence-electron chi connectivity index (χ0n) is 11.7. The first-order valence-electron chi connectivity index (χ1n) is 6.73. The summed E-state index contributed by atoms with van der Waals surface area (Å²) in [4.78, 5) is 34.6. The Morgan fingerprint density at radius 3 is 2.27 bits per heavy atom. The van der Waals surface area contributed by atoms with E-state index in [9.17, 15) is 14.4 Å². The number of carbonyl (C=O) groups excluding carboxylic acids is 3. The fourth-order valence-corrected chi connectivity index (χ4v) is 2.74. The molecule has 0 aromatic heterocycles. The second-order valence-electron chi connectivity index (χ2n) is 5.22. The maximum Gasteiger partial charge on any atom is 0.295 e. The van der Waals surface area contributed by atoms with Gasteiger partial charge in [-0.05, 0) is 30.2 Å². The Kier molecular flexibility index (Phi) is 3.54. The van der Waals surface area contributed by atoms with Crippen molar-refractivity contribution in [2.24, 2.45) is 0 Å². The third-order valence-corrected chi connectivity index (χ3v) is 3.99. The molecule has 0 bridgehead atoms. The minimum Gasteiger partial charge on any atom is -0.289 e. The fraction of sp³-hybridized carbons (Fsp3) is 0.118. The van der Waals surface area contributed by atoms with Gasteiger partial charge in [-0.25, -0.2) is 0 Å². The largest absolute Gasteiger partial charge is 0.295 e. The van der Waals surface area contributed by atoms with E-state index in [1.165, 1.54) is 0 Å². The maximum absolute atomic E-state index is 11.7. The van der Waals surface area contributed by atoms with E-state index < -0.39 is 23.5 Å². The van der Waals surface area contributed by atoms with E-state index in [2.05, 4.69) is 0 Å². The Morgan fingerprint density at radius 2 is 1.68 bits per heavy atom. The molecule has 0 aliphatic carbocycles. The van der Waals surface area contributed by atoms with Crippen LogP contribution in [0.1, 0.15) is 17.0 Å². The SMILES string of the molecule is Cc1ccc(Cl)c(-c2ccc(C3C(=O)NC(=O)C3=O)cc2)c1. The molecule has 2 amide bonds. The monoisotopic (exact) mass is 313 g/mol. The van der Waals surface area contributed by atoms with E-state index in [4.69, 9.17) is 11.6 Å². The van der Waals surface area contributed by atoms with Crippen molar-refractivity contribution in [2.45, 2.75) is 12.8 Å². The number of nitrogens with one attached hydrogen (secondary N) is 1. The van der Waals surface area contributed by atoms with Crippen molar-refractivity contribution in [1.29, 1.82) is 0 Å². The molecular weight excluding hydrogens is 302 g/mol. The Morgan fingerprint density at radius 1 is 1.00 bits per heavy atom. The molecule has 1 unspecified atom stereocenters. The van der Waals surface area contributed by atoms with Crippen LogP contribution in [0, 0.1) is 6.92 Å². The number of aryl methyl sites for hydroxylation is 1. The molecule has 1 N–H and O–H groups in total. The molecular formula is C17H12ClNO3. The number of hydrogen-bond donors (Lipinski definition) is 1. The summed E-state index contributed by atoms with van der Waals surface area (Å²) in [5, 5.41) is 2.66. The van der Waals surface area contributed by atoms with Gasteiger partial charge in [0.05, 0.1) is 0 Å². The zero-order valence-corrected chi connectivity index (χ0v) is 12.5. The molecule has 3 rings (SSSR count). The fourth-order valence-electron chi connectivity index (χ4n) is 2.51. The highest BCUT2D eigenvalue weighted by atomic mass is 35.5. The van der Waals surface area contributed by atoms with Crippen LogP contribution in [0.25, 0.3) is 11.1 Å². The molecule has 110 valence electrons. The predicted octanol–water partition coefficient (Wildman–Crippen LogP) is 2.62. The van der Waals surface area contributed by atoms with E-state index in [0.717, 1.165) is 16.7 Å². The number of amides is 2. The van der Waals surface area contributed by atoms with Gasteiger partial charge in [0.25, 0.3) is 5.91 Å². The lowest BCUT2D eigenvalue weighted by Crippen LogP contribution is -2.22. The lowest BCUT2D eigenvalue weighted by atomic mass is 9.94. The third-order valence-electron chi connectivity index (χ3n) is 3.66. The van der Waals surface area contributed by atoms with Crippen LogP contribution in [0.15, 0.2) is 42.5 Å². The number of hydrogen-bond acceptors (Lipinski definition) is 3. The highest BCUT2D eigenvalue weighted by Crippen LogP contribution is 2.30. The molecule has 2 aromatic carbocycles. The van der Waals surface area contributed by atoms with Gasteiger partial charge < -0.3 is 0 Å². The molecule has 0 saturated carbocycles. The molecule has 1 saturated heterocycles. The lowest BCUT2D eigenvalue weighted by molar-refractivity contribution is -0.135. The van der Waals surface area contributed by atoms with Gasteiger partial charge >= 0.3 is 0 Å². The van der Waals surface area contributed by atoms with Crippen molar-refractivity contribution < 1.29 is 14.4 Å². The van der Waals surface area contributed by atoms with E-state index in [0.29, 0.717) is 10.6 Å². The average Bonchev–Trinajstić information content (AvgIpc) is 2.75. The van der Waals surface area contributed by atoms with Crippen molar-refractivity contribution in [2.75, 3.05) is 0 Å². The summed E-state index contributed by atoms with van der Waals surface area (Å²) in [6, 6.07) is 12.6. The first kappa shape index (κ1) is 14.5. The van der Waals surface area contributed by atoms with Gasteiger partial charge in [0.2, 0.25) is 11.7 Å². The quantitative estimate of drug-likeness (QED) is 0.526. The number of ketones is 1. The van der Waals surface area contributed by atoms with Gasteiger partial charge in [0, 0.05) is 10.6 Å². The standard InChI is InChI=1S/C17H12ClNO3/c1-9-2-7-13(18)12(8-9)10-3-5-11(6-4-10)14-15(20)17(22)19-16(14)21/h2-8,14H,1H3,(H,19,21,22). The molecule has 1 fully saturated rings. The average molecular weight is 314 g/mol. The number of Topliss-reactive ketones (excluding diaryl/α,β-unsaturated/α-hetero) is 1. The van der Waals surface area contributed by atoms with Crippen LogP contribution in [-0.4, -0.2) is 17.6 Å². The van der Waals surface area contributed by atoms with Gasteiger partial charge in [-0.3, -0.25) is 19.7 Å². The number of halogens is 1. The Labute approximate surface area is 132 Å². The molecule has 1 aliphatic heterocycles. The van der Waals surface area contributed by atoms with Crippen molar-refractivity contribution in [3.8, 4) is 11.1 Å². The van der Waals surface area contributed by atoms with Crippen LogP contribution in [0.4, 0.5) is 0 Å². The van der Waals surface area contributed by atoms with Crippen molar-refractivity contribution in [3.05, 3.63) is 58.6 Å². The van der Waals surface area contributed by atoms with Crippen LogP contribution in [-0.2, 0) is 14.4 Å². The summed E-state index contributed by atoms with van der Waals surface area (Å²) in [5.74, 6) is -3.18. The number of rotatable bonds is 2. The van der Waals surface area contributed by atoms with E-state index >= 15 is 0 Å². The highest BCUT2D eigenvalue weighted by molar-refractivity contribution is 6.50. The molecule has 22 heavy (non-hydrogen) atoms. The minimum atomic E-state index is -1.05. The minimum absolute atomic E-state index is 0.501. The second kappa shape index (κ2) is 5.39. The van der Waals surface area contributed by atoms with Crippen LogP contribution in [0.3, 0.4) is 0 Å². The van der Waals surface area contributed by atoms with Crippen molar-refractivity contribution in [1.82, 2.24) is 5.32 Å². The predicted molar refractivity (Wildman–Crippen MR) is 82.5 cm³/mol. The van der Waals surface area contributed by atoms with Gasteiger partial charge in [-0.1, -0.05) is 47.5 Å². The van der Waals surface area contributed by atoms with E-state index in [-0.39, 0.29) is 0 Å². The topological polar surface area (TPSA) is 63.2 Å². The molecule has 5 heteroatoms. The second-order valence-corrected chi connectivity index (χ2v) is 5.63. The molecule has 0 radical (unpaired) electrons. The first-order valence-corrected chi connectivity index (χ1v) is 7.10. The Hall–Kier alpha value is -2.46. The summed E-state index contributed by atoms with van der Waals surface area (Å²) >= 11 is 6.20. The zero-order chi connectivity index (χ0) is 15.9. The van der Waals surface area contributed by atoms with Crippen LogP contribution >= 0.6 is 11.6 Å². The lowest BCUT2D eigenvalue weighted by Gasteiger charge is -2.09.